The molecule has 2 aromatic heterocycles. The monoisotopic (exact) mass is 222 g/mol. The summed E-state index contributed by atoms with van der Waals surface area (Å²) in [6, 6.07) is 3.74. The predicted molar refractivity (Wildman–Crippen MR) is 57.2 cm³/mol. The lowest BCUT2D eigenvalue weighted by Crippen LogP contribution is -2.08. The Hall–Kier alpha value is -1.60. The van der Waals surface area contributed by atoms with E-state index in [1.165, 1.54) is 11.8 Å². The first-order valence-electron chi connectivity index (χ1n) is 4.24. The van der Waals surface area contributed by atoms with E-state index < -0.39 is 0 Å². The number of hydrazine groups is 1. The average Bonchev–Trinajstić information content (AvgIpc) is 2.65. The Labute approximate surface area is 90.9 Å². The Kier molecular flexibility index (Phi) is 2.84. The molecule has 0 atom stereocenters. The minimum Gasteiger partial charge on any atom is -0.311 e. The number of rotatable bonds is 3. The van der Waals surface area contributed by atoms with E-state index in [0.29, 0.717) is 5.82 Å². The van der Waals surface area contributed by atoms with E-state index in [4.69, 9.17) is 5.84 Å². The number of nitrogen functional groups attached to an aromatic ring is 1. The zero-order chi connectivity index (χ0) is 10.7. The number of anilines is 1. The largest absolute Gasteiger partial charge is 0.311 e. The first-order chi connectivity index (χ1) is 7.29. The van der Waals surface area contributed by atoms with Gasteiger partial charge in [0.25, 0.3) is 0 Å². The molecule has 2 aromatic rings. The summed E-state index contributed by atoms with van der Waals surface area (Å²) in [5.74, 6) is 5.89. The van der Waals surface area contributed by atoms with Gasteiger partial charge in [0.1, 0.15) is 12.1 Å². The van der Waals surface area contributed by atoms with Crippen LogP contribution in [-0.2, 0) is 7.05 Å². The standard InChI is InChI=1S/C8H10N6S/c1-14-5-11-13-8(14)15-6-2-3-10-7(4-6)12-9/h2-5H,9H2,1H3,(H,10,12). The molecule has 0 aliphatic carbocycles. The van der Waals surface area contributed by atoms with Crippen molar-refractivity contribution in [3.05, 3.63) is 24.7 Å². The van der Waals surface area contributed by atoms with Crippen LogP contribution in [0.2, 0.25) is 0 Å². The summed E-state index contributed by atoms with van der Waals surface area (Å²) < 4.78 is 1.85. The molecule has 78 valence electrons. The minimum absolute atomic E-state index is 0.627. The summed E-state index contributed by atoms with van der Waals surface area (Å²) in [5.41, 5.74) is 2.49. The highest BCUT2D eigenvalue weighted by Gasteiger charge is 2.03. The summed E-state index contributed by atoms with van der Waals surface area (Å²) in [6.07, 6.45) is 3.35. The van der Waals surface area contributed by atoms with Crippen LogP contribution in [0.15, 0.2) is 34.7 Å². The summed E-state index contributed by atoms with van der Waals surface area (Å²) in [5, 5.41) is 8.59. The van der Waals surface area contributed by atoms with Gasteiger partial charge in [-0.2, -0.15) is 0 Å². The molecule has 0 radical (unpaired) electrons. The average molecular weight is 222 g/mol. The fourth-order valence-electron chi connectivity index (χ4n) is 1.02. The lowest BCUT2D eigenvalue weighted by Gasteiger charge is -2.02. The molecule has 0 spiro atoms. The molecule has 6 nitrogen and oxygen atoms in total. The van der Waals surface area contributed by atoms with Crippen LogP contribution < -0.4 is 11.3 Å². The molecule has 0 saturated heterocycles. The third kappa shape index (κ3) is 2.25. The molecule has 15 heavy (non-hydrogen) atoms. The van der Waals surface area contributed by atoms with Crippen molar-refractivity contribution < 1.29 is 0 Å². The zero-order valence-corrected chi connectivity index (χ0v) is 8.90. The van der Waals surface area contributed by atoms with Gasteiger partial charge in [-0.15, -0.1) is 10.2 Å². The van der Waals surface area contributed by atoms with Gasteiger partial charge in [0.15, 0.2) is 5.16 Å². The van der Waals surface area contributed by atoms with Crippen molar-refractivity contribution in [3.63, 3.8) is 0 Å². The minimum atomic E-state index is 0.627. The molecule has 0 amide bonds. The van der Waals surface area contributed by atoms with E-state index in [1.807, 2.05) is 23.7 Å². The maximum Gasteiger partial charge on any atom is 0.195 e. The van der Waals surface area contributed by atoms with Gasteiger partial charge in [-0.05, 0) is 23.9 Å². The molecule has 0 fully saturated rings. The number of nitrogens with two attached hydrogens (primary N) is 1. The zero-order valence-electron chi connectivity index (χ0n) is 8.08. The van der Waals surface area contributed by atoms with Crippen LogP contribution in [0.3, 0.4) is 0 Å². The molecule has 2 heterocycles. The lowest BCUT2D eigenvalue weighted by atomic mass is 10.5. The quantitative estimate of drug-likeness (QED) is 0.586. The molecule has 0 unspecified atom stereocenters. The fourth-order valence-corrected chi connectivity index (χ4v) is 1.81. The van der Waals surface area contributed by atoms with Crippen LogP contribution in [0.1, 0.15) is 0 Å². The van der Waals surface area contributed by atoms with Crippen molar-refractivity contribution in [2.24, 2.45) is 12.9 Å². The van der Waals surface area contributed by atoms with Crippen molar-refractivity contribution in [2.45, 2.75) is 10.1 Å². The predicted octanol–water partition coefficient (Wildman–Crippen LogP) is 0.647. The normalized spacial score (nSPS) is 10.3. The Morgan fingerprint density at radius 2 is 2.40 bits per heavy atom. The highest BCUT2D eigenvalue weighted by Crippen LogP contribution is 2.25. The summed E-state index contributed by atoms with van der Waals surface area (Å²) >= 11 is 1.50. The number of pyridine rings is 1. The first kappa shape index (κ1) is 9.94. The Morgan fingerprint density at radius 1 is 1.53 bits per heavy atom. The number of nitrogens with one attached hydrogen (secondary N) is 1. The van der Waals surface area contributed by atoms with Gasteiger partial charge in [-0.1, -0.05) is 0 Å². The smallest absolute Gasteiger partial charge is 0.195 e. The number of aromatic nitrogens is 4. The molecular formula is C8H10N6S. The van der Waals surface area contributed by atoms with E-state index in [9.17, 15) is 0 Å². The molecule has 0 bridgehead atoms. The number of hydrogen-bond donors (Lipinski definition) is 2. The number of hydrogen-bond acceptors (Lipinski definition) is 6. The van der Waals surface area contributed by atoms with E-state index >= 15 is 0 Å². The van der Waals surface area contributed by atoms with Crippen LogP contribution in [0.25, 0.3) is 0 Å². The topological polar surface area (TPSA) is 81.7 Å². The highest BCUT2D eigenvalue weighted by atomic mass is 32.2. The molecule has 0 aliphatic heterocycles. The summed E-state index contributed by atoms with van der Waals surface area (Å²) in [7, 11) is 1.89. The van der Waals surface area contributed by atoms with Crippen molar-refractivity contribution in [1.29, 1.82) is 0 Å². The Balaban J connectivity index is 2.21. The molecule has 0 aliphatic rings. The summed E-state index contributed by atoms with van der Waals surface area (Å²) in [4.78, 5) is 5.03. The van der Waals surface area contributed by atoms with E-state index in [2.05, 4.69) is 20.6 Å². The van der Waals surface area contributed by atoms with E-state index in [0.717, 1.165) is 10.1 Å². The second-order valence-corrected chi connectivity index (χ2v) is 3.89. The van der Waals surface area contributed by atoms with Crippen molar-refractivity contribution >= 4 is 17.6 Å². The van der Waals surface area contributed by atoms with E-state index in [-0.39, 0.29) is 0 Å². The summed E-state index contributed by atoms with van der Waals surface area (Å²) in [6.45, 7) is 0. The third-order valence-corrected chi connectivity index (χ3v) is 2.80. The first-order valence-corrected chi connectivity index (χ1v) is 5.06. The second kappa shape index (κ2) is 4.28. The SMILES string of the molecule is Cn1cnnc1Sc1ccnc(NN)c1. The van der Waals surface area contributed by atoms with E-state index in [1.54, 1.807) is 12.5 Å². The highest BCUT2D eigenvalue weighted by molar-refractivity contribution is 7.99. The van der Waals surface area contributed by atoms with Crippen LogP contribution in [-0.4, -0.2) is 19.7 Å². The van der Waals surface area contributed by atoms with Crippen molar-refractivity contribution in [2.75, 3.05) is 5.43 Å². The van der Waals surface area contributed by atoms with Gasteiger partial charge in [-0.3, -0.25) is 0 Å². The number of nitrogens with zero attached hydrogens (tertiary/aromatic N) is 4. The van der Waals surface area contributed by atoms with Crippen LogP contribution in [0.4, 0.5) is 5.82 Å². The van der Waals surface area contributed by atoms with Gasteiger partial charge in [0.05, 0.1) is 0 Å². The van der Waals surface area contributed by atoms with Crippen LogP contribution in [0, 0.1) is 0 Å². The Morgan fingerprint density at radius 3 is 3.07 bits per heavy atom. The molecule has 0 aromatic carbocycles. The molecule has 7 heteroatoms. The van der Waals surface area contributed by atoms with Gasteiger partial charge < -0.3 is 9.99 Å². The third-order valence-electron chi connectivity index (χ3n) is 1.76. The lowest BCUT2D eigenvalue weighted by molar-refractivity contribution is 0.788. The number of aryl methyl sites for hydroxylation is 1. The molecule has 2 rings (SSSR count). The van der Waals surface area contributed by atoms with Crippen LogP contribution >= 0.6 is 11.8 Å². The molecule has 3 N–H and O–H groups in total. The van der Waals surface area contributed by atoms with Crippen LogP contribution in [0.5, 0.6) is 0 Å². The molecular weight excluding hydrogens is 212 g/mol. The second-order valence-electron chi connectivity index (χ2n) is 2.85. The van der Waals surface area contributed by atoms with Gasteiger partial charge in [-0.25, -0.2) is 10.8 Å². The van der Waals surface area contributed by atoms with Gasteiger partial charge in [0, 0.05) is 18.1 Å². The van der Waals surface area contributed by atoms with Crippen molar-refractivity contribution in [3.8, 4) is 0 Å². The Bertz CT molecular complexity index is 454. The van der Waals surface area contributed by atoms with Crippen molar-refractivity contribution in [1.82, 2.24) is 19.7 Å². The molecule has 0 saturated carbocycles. The van der Waals surface area contributed by atoms with Gasteiger partial charge >= 0.3 is 0 Å². The maximum absolute atomic E-state index is 5.27. The maximum atomic E-state index is 5.27. The van der Waals surface area contributed by atoms with Gasteiger partial charge in [0.2, 0.25) is 0 Å². The fraction of sp³-hybridized carbons (Fsp3) is 0.125.